The Morgan fingerprint density at radius 1 is 1.03 bits per heavy atom. The fourth-order valence-corrected chi connectivity index (χ4v) is 3.05. The van der Waals surface area contributed by atoms with Crippen LogP contribution in [0.5, 0.6) is 11.5 Å². The number of methoxy groups -OCH3 is 2. The second-order valence-corrected chi connectivity index (χ2v) is 6.47. The first-order chi connectivity index (χ1) is 14.1. The number of nitrogens with one attached hydrogen (secondary N) is 1. The summed E-state index contributed by atoms with van der Waals surface area (Å²) in [7, 11) is 3.21. The lowest BCUT2D eigenvalue weighted by Gasteiger charge is -2.05. The molecule has 0 amide bonds. The van der Waals surface area contributed by atoms with Crippen LogP contribution in [-0.4, -0.2) is 48.0 Å². The van der Waals surface area contributed by atoms with Crippen molar-refractivity contribution in [1.82, 2.24) is 9.78 Å². The zero-order valence-corrected chi connectivity index (χ0v) is 16.8. The number of benzene rings is 2. The van der Waals surface area contributed by atoms with Gasteiger partial charge in [0.2, 0.25) is 0 Å². The molecule has 0 atom stereocenters. The number of rotatable bonds is 8. The van der Waals surface area contributed by atoms with E-state index in [0.717, 1.165) is 11.3 Å². The SMILES string of the molecule is COc1ccc(-c2[nH]n(-c3ccc(OC)cc3)c(=O)c2C(C)=NCCCO)cc1. The quantitative estimate of drug-likeness (QED) is 0.453. The standard InChI is InChI=1S/C22H25N3O4/c1-15(23-13-4-14-26)20-21(16-5-9-18(28-2)10-6-16)24-25(22(20)27)17-7-11-19(29-3)12-8-17/h5-12,24,26H,4,13-14H2,1-3H3. The van der Waals surface area contributed by atoms with Crippen LogP contribution < -0.4 is 15.0 Å². The monoisotopic (exact) mass is 395 g/mol. The van der Waals surface area contributed by atoms with Gasteiger partial charge in [0, 0.05) is 24.4 Å². The van der Waals surface area contributed by atoms with E-state index in [2.05, 4.69) is 10.1 Å². The maximum atomic E-state index is 13.3. The van der Waals surface area contributed by atoms with Crippen molar-refractivity contribution in [2.45, 2.75) is 13.3 Å². The maximum Gasteiger partial charge on any atom is 0.280 e. The molecule has 0 spiro atoms. The molecular formula is C22H25N3O4. The number of aromatic amines is 1. The molecule has 2 aromatic carbocycles. The molecule has 0 aliphatic carbocycles. The lowest BCUT2D eigenvalue weighted by atomic mass is 10.0. The van der Waals surface area contributed by atoms with Crippen LogP contribution in [0.15, 0.2) is 58.3 Å². The molecule has 1 heterocycles. The van der Waals surface area contributed by atoms with Gasteiger partial charge in [-0.05, 0) is 61.9 Å². The van der Waals surface area contributed by atoms with Gasteiger partial charge < -0.3 is 14.6 Å². The number of aliphatic hydroxyl groups is 1. The van der Waals surface area contributed by atoms with Crippen LogP contribution in [0.3, 0.4) is 0 Å². The predicted molar refractivity (Wildman–Crippen MR) is 114 cm³/mol. The van der Waals surface area contributed by atoms with Crippen molar-refractivity contribution in [3.05, 3.63) is 64.4 Å². The van der Waals surface area contributed by atoms with Gasteiger partial charge in [0.25, 0.3) is 5.56 Å². The van der Waals surface area contributed by atoms with E-state index in [9.17, 15) is 4.79 Å². The first kappa shape index (κ1) is 20.4. The van der Waals surface area contributed by atoms with Crippen LogP contribution in [0.2, 0.25) is 0 Å². The molecule has 0 unspecified atom stereocenters. The average molecular weight is 395 g/mol. The highest BCUT2D eigenvalue weighted by molar-refractivity contribution is 6.03. The Kier molecular flexibility index (Phi) is 6.51. The van der Waals surface area contributed by atoms with Gasteiger partial charge in [-0.1, -0.05) is 0 Å². The normalized spacial score (nSPS) is 11.5. The van der Waals surface area contributed by atoms with Crippen LogP contribution >= 0.6 is 0 Å². The molecule has 2 N–H and O–H groups in total. The Morgan fingerprint density at radius 2 is 1.62 bits per heavy atom. The third-order valence-corrected chi connectivity index (χ3v) is 4.63. The van der Waals surface area contributed by atoms with Gasteiger partial charge in [-0.25, -0.2) is 4.68 Å². The second-order valence-electron chi connectivity index (χ2n) is 6.47. The molecule has 1 aromatic heterocycles. The van der Waals surface area contributed by atoms with Crippen LogP contribution in [-0.2, 0) is 0 Å². The van der Waals surface area contributed by atoms with E-state index in [0.29, 0.717) is 41.4 Å². The third-order valence-electron chi connectivity index (χ3n) is 4.63. The Balaban J connectivity index is 2.13. The van der Waals surface area contributed by atoms with Gasteiger partial charge >= 0.3 is 0 Å². The molecule has 0 saturated heterocycles. The minimum atomic E-state index is -0.189. The Hall–Kier alpha value is -3.32. The zero-order chi connectivity index (χ0) is 20.8. The van der Waals surface area contributed by atoms with E-state index in [-0.39, 0.29) is 12.2 Å². The highest BCUT2D eigenvalue weighted by Gasteiger charge is 2.19. The van der Waals surface area contributed by atoms with Crippen molar-refractivity contribution in [2.24, 2.45) is 4.99 Å². The molecule has 0 aliphatic rings. The molecule has 0 aliphatic heterocycles. The zero-order valence-electron chi connectivity index (χ0n) is 16.8. The summed E-state index contributed by atoms with van der Waals surface area (Å²) in [6.45, 7) is 2.33. The van der Waals surface area contributed by atoms with Crippen molar-refractivity contribution in [2.75, 3.05) is 27.4 Å². The molecular weight excluding hydrogens is 370 g/mol. The van der Waals surface area contributed by atoms with Crippen molar-refractivity contribution < 1.29 is 14.6 Å². The van der Waals surface area contributed by atoms with Crippen molar-refractivity contribution in [1.29, 1.82) is 0 Å². The molecule has 3 aromatic rings. The van der Waals surface area contributed by atoms with Gasteiger partial charge in [-0.2, -0.15) is 0 Å². The van der Waals surface area contributed by atoms with Crippen LogP contribution in [0.1, 0.15) is 18.9 Å². The molecule has 0 fully saturated rings. The Labute approximate surface area is 169 Å². The van der Waals surface area contributed by atoms with Crippen molar-refractivity contribution in [3.8, 4) is 28.4 Å². The van der Waals surface area contributed by atoms with Gasteiger partial charge in [-0.15, -0.1) is 0 Å². The van der Waals surface area contributed by atoms with Crippen molar-refractivity contribution in [3.63, 3.8) is 0 Å². The summed E-state index contributed by atoms with van der Waals surface area (Å²) in [4.78, 5) is 17.7. The molecule has 29 heavy (non-hydrogen) atoms. The van der Waals surface area contributed by atoms with Crippen LogP contribution in [0.25, 0.3) is 16.9 Å². The highest BCUT2D eigenvalue weighted by atomic mass is 16.5. The van der Waals surface area contributed by atoms with E-state index in [1.807, 2.05) is 43.3 Å². The molecule has 7 nitrogen and oxygen atoms in total. The van der Waals surface area contributed by atoms with E-state index in [4.69, 9.17) is 14.6 Å². The van der Waals surface area contributed by atoms with E-state index in [1.54, 1.807) is 26.4 Å². The summed E-state index contributed by atoms with van der Waals surface area (Å²) in [5.74, 6) is 1.45. The molecule has 7 heteroatoms. The lowest BCUT2D eigenvalue weighted by molar-refractivity contribution is 0.291. The Morgan fingerprint density at radius 3 is 2.17 bits per heavy atom. The first-order valence-electron chi connectivity index (χ1n) is 9.35. The topological polar surface area (TPSA) is 88.8 Å². The minimum absolute atomic E-state index is 0.0608. The summed E-state index contributed by atoms with van der Waals surface area (Å²) in [5, 5.41) is 12.2. The van der Waals surface area contributed by atoms with Gasteiger partial charge in [-0.3, -0.25) is 14.9 Å². The number of hydrogen-bond donors (Lipinski definition) is 2. The highest BCUT2D eigenvalue weighted by Crippen LogP contribution is 2.24. The van der Waals surface area contributed by atoms with Gasteiger partial charge in [0.1, 0.15) is 11.5 Å². The largest absolute Gasteiger partial charge is 0.497 e. The maximum absolute atomic E-state index is 13.3. The minimum Gasteiger partial charge on any atom is -0.497 e. The number of aliphatic hydroxyl groups excluding tert-OH is 1. The smallest absolute Gasteiger partial charge is 0.280 e. The average Bonchev–Trinajstić information content (AvgIpc) is 3.11. The van der Waals surface area contributed by atoms with Crippen LogP contribution in [0.4, 0.5) is 0 Å². The summed E-state index contributed by atoms with van der Waals surface area (Å²) < 4.78 is 11.9. The first-order valence-corrected chi connectivity index (χ1v) is 9.35. The van der Waals surface area contributed by atoms with E-state index < -0.39 is 0 Å². The van der Waals surface area contributed by atoms with E-state index in [1.165, 1.54) is 4.68 Å². The summed E-state index contributed by atoms with van der Waals surface area (Å²) in [6, 6.07) is 14.7. The molecule has 3 rings (SSSR count). The fourth-order valence-electron chi connectivity index (χ4n) is 3.05. The summed E-state index contributed by atoms with van der Waals surface area (Å²) in [5.41, 5.74) is 3.16. The number of ether oxygens (including phenoxy) is 2. The van der Waals surface area contributed by atoms with Gasteiger partial charge in [0.05, 0.1) is 31.2 Å². The van der Waals surface area contributed by atoms with Crippen LogP contribution in [0, 0.1) is 0 Å². The molecule has 0 bridgehead atoms. The molecule has 0 saturated carbocycles. The van der Waals surface area contributed by atoms with E-state index >= 15 is 0 Å². The number of nitrogens with zero attached hydrogens (tertiary/aromatic N) is 2. The molecule has 152 valence electrons. The number of aromatic nitrogens is 2. The predicted octanol–water partition coefficient (Wildman–Crippen LogP) is 3.04. The fraction of sp³-hybridized carbons (Fsp3) is 0.273. The number of H-pyrrole nitrogens is 1. The number of hydrogen-bond acceptors (Lipinski definition) is 5. The molecule has 0 radical (unpaired) electrons. The Bertz CT molecular complexity index is 1030. The van der Waals surface area contributed by atoms with Gasteiger partial charge in [0.15, 0.2) is 0 Å². The second kappa shape index (κ2) is 9.25. The summed E-state index contributed by atoms with van der Waals surface area (Å²) >= 11 is 0. The third kappa shape index (κ3) is 4.41. The lowest BCUT2D eigenvalue weighted by Crippen LogP contribution is -2.19. The number of aliphatic imine (C=N–C) groups is 1. The van der Waals surface area contributed by atoms with Crippen molar-refractivity contribution >= 4 is 5.71 Å². The summed E-state index contributed by atoms with van der Waals surface area (Å²) in [6.07, 6.45) is 0.548.